The van der Waals surface area contributed by atoms with E-state index in [0.717, 1.165) is 13.0 Å². The molecule has 1 aliphatic heterocycles. The van der Waals surface area contributed by atoms with Crippen LogP contribution < -0.4 is 0 Å². The van der Waals surface area contributed by atoms with Crippen LogP contribution in [0.25, 0.3) is 0 Å². The van der Waals surface area contributed by atoms with Gasteiger partial charge in [-0.25, -0.2) is 4.67 Å². The Labute approximate surface area is 125 Å². The Morgan fingerprint density at radius 3 is 2.55 bits per heavy atom. The highest BCUT2D eigenvalue weighted by Gasteiger charge is 2.54. The quantitative estimate of drug-likeness (QED) is 0.703. The lowest BCUT2D eigenvalue weighted by Crippen LogP contribution is -2.58. The van der Waals surface area contributed by atoms with Crippen molar-refractivity contribution >= 4 is 7.52 Å². The van der Waals surface area contributed by atoms with Crippen LogP contribution in [0.3, 0.4) is 0 Å². The highest BCUT2D eigenvalue weighted by atomic mass is 31.2. The van der Waals surface area contributed by atoms with Crippen molar-refractivity contribution in [2.24, 2.45) is 17.8 Å². The molecule has 4 atom stereocenters. The van der Waals surface area contributed by atoms with E-state index >= 15 is 0 Å². The van der Waals surface area contributed by atoms with E-state index in [4.69, 9.17) is 4.52 Å². The molecule has 0 aromatic carbocycles. The lowest BCUT2D eigenvalue weighted by atomic mass is 9.71. The van der Waals surface area contributed by atoms with Gasteiger partial charge in [0.1, 0.15) is 0 Å². The third-order valence-electron chi connectivity index (χ3n) is 5.23. The van der Waals surface area contributed by atoms with Gasteiger partial charge in [-0.2, -0.15) is 0 Å². The highest BCUT2D eigenvalue weighted by molar-refractivity contribution is 7.56. The second kappa shape index (κ2) is 5.74. The van der Waals surface area contributed by atoms with Gasteiger partial charge in [-0.3, -0.25) is 4.57 Å². The summed E-state index contributed by atoms with van der Waals surface area (Å²) in [6.45, 7) is 14.1. The first kappa shape index (κ1) is 16.5. The fourth-order valence-electron chi connectivity index (χ4n) is 4.06. The Kier molecular flexibility index (Phi) is 4.74. The minimum absolute atomic E-state index is 0.0150. The molecule has 1 heterocycles. The first-order valence-electron chi connectivity index (χ1n) is 8.26. The molecule has 0 unspecified atom stereocenters. The molecule has 118 valence electrons. The van der Waals surface area contributed by atoms with E-state index in [9.17, 15) is 4.57 Å². The summed E-state index contributed by atoms with van der Waals surface area (Å²) in [6, 6.07) is 0. The first-order chi connectivity index (χ1) is 9.20. The maximum Gasteiger partial charge on any atom is 0.272 e. The normalized spacial score (nSPS) is 41.6. The molecule has 0 aromatic rings. The van der Waals surface area contributed by atoms with Crippen LogP contribution in [0.1, 0.15) is 60.8 Å². The van der Waals surface area contributed by atoms with E-state index in [1.54, 1.807) is 0 Å². The number of hydrogen-bond donors (Lipinski definition) is 0. The molecule has 1 aliphatic carbocycles. The average molecular weight is 301 g/mol. The zero-order valence-electron chi connectivity index (χ0n) is 14.1. The summed E-state index contributed by atoms with van der Waals surface area (Å²) in [5, 5.41) is 0. The molecule has 4 heteroatoms. The summed E-state index contributed by atoms with van der Waals surface area (Å²) in [4.78, 5) is 0. The molecule has 0 amide bonds. The predicted octanol–water partition coefficient (Wildman–Crippen LogP) is 4.77. The zero-order chi connectivity index (χ0) is 15.1. The summed E-state index contributed by atoms with van der Waals surface area (Å²) in [7, 11) is -2.66. The molecular weight excluding hydrogens is 269 g/mol. The molecule has 3 nitrogen and oxygen atoms in total. The first-order valence-corrected chi connectivity index (χ1v) is 10.0. The highest BCUT2D eigenvalue weighted by Crippen LogP contribution is 2.63. The Bertz CT molecular complexity index is 394. The number of hydrogen-bond acceptors (Lipinski definition) is 2. The smallest absolute Gasteiger partial charge is 0.272 e. The molecule has 1 saturated carbocycles. The number of fused-ring (bicyclic) bond motifs is 1. The Morgan fingerprint density at radius 1 is 1.35 bits per heavy atom. The van der Waals surface area contributed by atoms with Crippen LogP contribution in [-0.2, 0) is 9.09 Å². The molecule has 0 N–H and O–H groups in total. The van der Waals surface area contributed by atoms with Crippen LogP contribution in [0.5, 0.6) is 0 Å². The molecule has 2 fully saturated rings. The van der Waals surface area contributed by atoms with E-state index in [1.807, 2.05) is 6.92 Å². The molecular formula is C16H32NO2P. The molecule has 0 radical (unpaired) electrons. The number of rotatable bonds is 3. The van der Waals surface area contributed by atoms with Gasteiger partial charge in [-0.15, -0.1) is 0 Å². The fourth-order valence-corrected chi connectivity index (χ4v) is 6.83. The van der Waals surface area contributed by atoms with Crippen LogP contribution >= 0.6 is 7.52 Å². The summed E-state index contributed by atoms with van der Waals surface area (Å²) in [5.41, 5.74) is -0.0150. The van der Waals surface area contributed by atoms with Crippen LogP contribution in [0.4, 0.5) is 0 Å². The van der Waals surface area contributed by atoms with E-state index in [2.05, 4.69) is 39.3 Å². The van der Waals surface area contributed by atoms with E-state index in [-0.39, 0.29) is 11.6 Å². The van der Waals surface area contributed by atoms with Gasteiger partial charge in [0, 0.05) is 24.2 Å². The van der Waals surface area contributed by atoms with Gasteiger partial charge in [0.15, 0.2) is 0 Å². The van der Waals surface area contributed by atoms with Gasteiger partial charge < -0.3 is 4.52 Å². The summed E-state index contributed by atoms with van der Waals surface area (Å²) < 4.78 is 21.8. The molecule has 1 saturated heterocycles. The van der Waals surface area contributed by atoms with Crippen LogP contribution in [-0.4, -0.2) is 29.0 Å². The van der Waals surface area contributed by atoms with Gasteiger partial charge in [-0.1, -0.05) is 34.1 Å². The molecule has 20 heavy (non-hydrogen) atoms. The summed E-state index contributed by atoms with van der Waals surface area (Å²) in [5.74, 6) is 1.73. The largest absolute Gasteiger partial charge is 0.314 e. The lowest BCUT2D eigenvalue weighted by Gasteiger charge is -2.57. The monoisotopic (exact) mass is 301 g/mol. The fraction of sp³-hybridized carbons (Fsp3) is 1.00. The molecule has 0 spiro atoms. The summed E-state index contributed by atoms with van der Waals surface area (Å²) >= 11 is 0. The molecule has 0 aromatic heterocycles. The Hall–Kier alpha value is 0.150. The van der Waals surface area contributed by atoms with Gasteiger partial charge >= 0.3 is 0 Å². The lowest BCUT2D eigenvalue weighted by molar-refractivity contribution is -0.0504. The van der Waals surface area contributed by atoms with E-state index in [0.29, 0.717) is 23.9 Å². The van der Waals surface area contributed by atoms with Crippen molar-refractivity contribution in [3.8, 4) is 0 Å². The zero-order valence-corrected chi connectivity index (χ0v) is 15.0. The minimum atomic E-state index is -2.66. The second-order valence-electron chi connectivity index (χ2n) is 7.75. The van der Waals surface area contributed by atoms with Crippen LogP contribution in [0.15, 0.2) is 0 Å². The predicted molar refractivity (Wildman–Crippen MR) is 85.1 cm³/mol. The average Bonchev–Trinajstić information content (AvgIpc) is 2.34. The Balaban J connectivity index is 2.33. The van der Waals surface area contributed by atoms with Crippen molar-refractivity contribution in [3.63, 3.8) is 0 Å². The minimum Gasteiger partial charge on any atom is -0.314 e. The van der Waals surface area contributed by atoms with Crippen molar-refractivity contribution in [2.75, 3.05) is 12.7 Å². The van der Waals surface area contributed by atoms with Crippen molar-refractivity contribution in [1.29, 1.82) is 0 Å². The Morgan fingerprint density at radius 2 is 2.00 bits per heavy atom. The maximum atomic E-state index is 13.3. The van der Waals surface area contributed by atoms with Gasteiger partial charge in [-0.05, 0) is 38.5 Å². The summed E-state index contributed by atoms with van der Waals surface area (Å²) in [6.07, 6.45) is 4.38. The van der Waals surface area contributed by atoms with Crippen molar-refractivity contribution in [2.45, 2.75) is 72.4 Å². The van der Waals surface area contributed by atoms with Crippen molar-refractivity contribution < 1.29 is 9.09 Å². The SMILES string of the molecule is CC[P@]1(=O)O[C@@H]2C[C@H](C)CC[C@H]2C(C)(C)N1CC(C)C. The molecule has 0 bridgehead atoms. The van der Waals surface area contributed by atoms with E-state index < -0.39 is 7.52 Å². The van der Waals surface area contributed by atoms with Crippen molar-refractivity contribution in [1.82, 2.24) is 4.67 Å². The molecule has 2 rings (SSSR count). The van der Waals surface area contributed by atoms with Gasteiger partial charge in [0.05, 0.1) is 6.10 Å². The van der Waals surface area contributed by atoms with Gasteiger partial charge in [0.25, 0.3) is 7.52 Å². The third kappa shape index (κ3) is 2.87. The molecule has 2 aliphatic rings. The van der Waals surface area contributed by atoms with Crippen molar-refractivity contribution in [3.05, 3.63) is 0 Å². The number of nitrogens with zero attached hydrogens (tertiary/aromatic N) is 1. The van der Waals surface area contributed by atoms with Gasteiger partial charge in [0.2, 0.25) is 0 Å². The van der Waals surface area contributed by atoms with Crippen LogP contribution in [0.2, 0.25) is 0 Å². The topological polar surface area (TPSA) is 29.5 Å². The standard InChI is InChI=1S/C16H32NO2P/c1-7-20(18)17(11-12(2)3)16(5,6)14-9-8-13(4)10-15(14)19-20/h12-15H,7-11H2,1-6H3/t13-,14-,15-,20+/m1/s1. The third-order valence-corrected chi connectivity index (χ3v) is 8.05. The second-order valence-corrected chi connectivity index (χ2v) is 10.4. The maximum absolute atomic E-state index is 13.3. The van der Waals surface area contributed by atoms with E-state index in [1.165, 1.54) is 12.8 Å². The van der Waals surface area contributed by atoms with Crippen LogP contribution in [0, 0.1) is 17.8 Å².